The zero-order chi connectivity index (χ0) is 23.6. The highest BCUT2D eigenvalue weighted by Gasteiger charge is 2.30. The van der Waals surface area contributed by atoms with Gasteiger partial charge in [0.15, 0.2) is 0 Å². The Hall–Kier alpha value is -3.73. The quantitative estimate of drug-likeness (QED) is 0.296. The minimum atomic E-state index is -1.40. The lowest BCUT2D eigenvalue weighted by atomic mass is 10.00. The maximum atomic E-state index is 11.6. The molecule has 0 radical (unpaired) electrons. The van der Waals surface area contributed by atoms with Gasteiger partial charge in [-0.25, -0.2) is 4.79 Å². The second-order valence-electron chi connectivity index (χ2n) is 7.62. The number of nitrogens with zero attached hydrogens (tertiary/aromatic N) is 2. The summed E-state index contributed by atoms with van der Waals surface area (Å²) < 4.78 is 16.5. The van der Waals surface area contributed by atoms with Crippen molar-refractivity contribution in [1.82, 2.24) is 10.1 Å². The number of nitrogens with two attached hydrogens (primary N) is 1. The summed E-state index contributed by atoms with van der Waals surface area (Å²) in [5, 5.41) is 33.2. The average Bonchev–Trinajstić information content (AvgIpc) is 3.49. The molecule has 0 bridgehead atoms. The molecule has 0 spiro atoms. The third kappa shape index (κ3) is 4.31. The highest BCUT2D eigenvalue weighted by Crippen LogP contribution is 2.31. The molecule has 0 amide bonds. The molecule has 2 heterocycles. The SMILES string of the molecule is CCCOc1ccc(-c2nc(-c3ccc4oc(C(N)(CO)CO)cc4c3)no2)cc1C(=O)O. The summed E-state index contributed by atoms with van der Waals surface area (Å²) >= 11 is 0. The van der Waals surface area contributed by atoms with Crippen molar-refractivity contribution in [3.63, 3.8) is 0 Å². The minimum Gasteiger partial charge on any atom is -0.493 e. The van der Waals surface area contributed by atoms with E-state index >= 15 is 0 Å². The molecule has 0 aliphatic rings. The van der Waals surface area contributed by atoms with Gasteiger partial charge in [-0.3, -0.25) is 0 Å². The number of carboxylic acids is 1. The average molecular weight is 453 g/mol. The number of aliphatic hydroxyl groups excluding tert-OH is 2. The summed E-state index contributed by atoms with van der Waals surface area (Å²) in [7, 11) is 0. The zero-order valence-electron chi connectivity index (χ0n) is 17.8. The van der Waals surface area contributed by atoms with Gasteiger partial charge in [0.25, 0.3) is 5.89 Å². The van der Waals surface area contributed by atoms with Crippen LogP contribution in [-0.4, -0.2) is 51.3 Å². The smallest absolute Gasteiger partial charge is 0.339 e. The van der Waals surface area contributed by atoms with Gasteiger partial charge in [0.1, 0.15) is 28.2 Å². The minimum absolute atomic E-state index is 0.00563. The number of carboxylic acid groups (broad SMARTS) is 1. The molecule has 4 aromatic rings. The summed E-state index contributed by atoms with van der Waals surface area (Å²) in [6, 6.07) is 11.5. The summed E-state index contributed by atoms with van der Waals surface area (Å²) in [6.45, 7) is 1.38. The van der Waals surface area contributed by atoms with E-state index in [4.69, 9.17) is 19.4 Å². The van der Waals surface area contributed by atoms with Crippen LogP contribution in [0.4, 0.5) is 0 Å². The molecule has 0 unspecified atom stereocenters. The maximum Gasteiger partial charge on any atom is 0.339 e. The van der Waals surface area contributed by atoms with Crippen LogP contribution in [0, 0.1) is 0 Å². The topological polar surface area (TPSA) is 165 Å². The van der Waals surface area contributed by atoms with Crippen LogP contribution in [0.25, 0.3) is 33.8 Å². The second-order valence-corrected chi connectivity index (χ2v) is 7.62. The predicted octanol–water partition coefficient (Wildman–Crippen LogP) is 2.78. The monoisotopic (exact) mass is 453 g/mol. The van der Waals surface area contributed by atoms with Gasteiger partial charge in [-0.05, 0) is 48.9 Å². The molecule has 0 aliphatic carbocycles. The number of aromatic nitrogens is 2. The molecule has 0 aliphatic heterocycles. The number of aromatic carboxylic acids is 1. The fourth-order valence-electron chi connectivity index (χ4n) is 3.26. The molecule has 5 N–H and O–H groups in total. The first-order valence-corrected chi connectivity index (χ1v) is 10.3. The van der Waals surface area contributed by atoms with E-state index in [1.54, 1.807) is 36.4 Å². The van der Waals surface area contributed by atoms with Crippen molar-refractivity contribution in [1.29, 1.82) is 0 Å². The molecule has 4 rings (SSSR count). The fraction of sp³-hybridized carbons (Fsp3) is 0.261. The highest BCUT2D eigenvalue weighted by atomic mass is 16.5. The summed E-state index contributed by atoms with van der Waals surface area (Å²) in [6.07, 6.45) is 0.753. The molecule has 0 saturated carbocycles. The Kier molecular flexibility index (Phi) is 6.14. The molecule has 0 atom stereocenters. The van der Waals surface area contributed by atoms with Crippen LogP contribution in [0.5, 0.6) is 5.75 Å². The van der Waals surface area contributed by atoms with Gasteiger partial charge in [0.2, 0.25) is 5.82 Å². The zero-order valence-corrected chi connectivity index (χ0v) is 17.8. The van der Waals surface area contributed by atoms with Crippen molar-refractivity contribution in [3.8, 4) is 28.6 Å². The van der Waals surface area contributed by atoms with E-state index in [9.17, 15) is 20.1 Å². The van der Waals surface area contributed by atoms with E-state index in [-0.39, 0.29) is 23.0 Å². The van der Waals surface area contributed by atoms with Crippen molar-refractivity contribution in [2.75, 3.05) is 19.8 Å². The number of carbonyl (C=O) groups is 1. The Morgan fingerprint density at radius 1 is 1.12 bits per heavy atom. The Morgan fingerprint density at radius 2 is 1.88 bits per heavy atom. The van der Waals surface area contributed by atoms with E-state index in [1.807, 2.05) is 6.92 Å². The number of benzene rings is 2. The largest absolute Gasteiger partial charge is 0.493 e. The van der Waals surface area contributed by atoms with Crippen LogP contribution in [-0.2, 0) is 5.54 Å². The third-order valence-electron chi connectivity index (χ3n) is 5.17. The molecular formula is C23H23N3O7. The van der Waals surface area contributed by atoms with Crippen molar-refractivity contribution < 1.29 is 33.8 Å². The molecule has 172 valence electrons. The number of hydrogen-bond acceptors (Lipinski definition) is 9. The van der Waals surface area contributed by atoms with Crippen LogP contribution < -0.4 is 10.5 Å². The van der Waals surface area contributed by atoms with Crippen molar-refractivity contribution >= 4 is 16.9 Å². The fourth-order valence-corrected chi connectivity index (χ4v) is 3.26. The Balaban J connectivity index is 1.65. The van der Waals surface area contributed by atoms with Gasteiger partial charge in [-0.2, -0.15) is 4.98 Å². The number of rotatable bonds is 9. The second kappa shape index (κ2) is 9.02. The van der Waals surface area contributed by atoms with Gasteiger partial charge < -0.3 is 34.7 Å². The van der Waals surface area contributed by atoms with Crippen molar-refractivity contribution in [3.05, 3.63) is 53.8 Å². The predicted molar refractivity (Wildman–Crippen MR) is 118 cm³/mol. The van der Waals surface area contributed by atoms with Gasteiger partial charge in [-0.1, -0.05) is 12.1 Å². The van der Waals surface area contributed by atoms with E-state index < -0.39 is 24.7 Å². The lowest BCUT2D eigenvalue weighted by molar-refractivity contribution is 0.0692. The third-order valence-corrected chi connectivity index (χ3v) is 5.17. The van der Waals surface area contributed by atoms with E-state index in [0.29, 0.717) is 34.5 Å². The number of furan rings is 1. The van der Waals surface area contributed by atoms with Crippen LogP contribution in [0.2, 0.25) is 0 Å². The first kappa shape index (κ1) is 22.5. The summed E-state index contributed by atoms with van der Waals surface area (Å²) in [5.74, 6) is -0.147. The Bertz CT molecular complexity index is 1290. The van der Waals surface area contributed by atoms with E-state index in [1.165, 1.54) is 6.07 Å². The summed E-state index contributed by atoms with van der Waals surface area (Å²) in [4.78, 5) is 16.0. The number of hydrogen-bond donors (Lipinski definition) is 4. The standard InChI is InChI=1S/C23H23N3O7/c1-2-7-31-18-6-4-14(9-16(18)22(29)30)21-25-20(26-33-21)13-3-5-17-15(8-13)10-19(32-17)23(24,11-27)12-28/h3-6,8-10,27-28H,2,7,11-12,24H2,1H3,(H,29,30). The van der Waals surface area contributed by atoms with Gasteiger partial charge >= 0.3 is 5.97 Å². The van der Waals surface area contributed by atoms with Crippen LogP contribution >= 0.6 is 0 Å². The lowest BCUT2D eigenvalue weighted by Crippen LogP contribution is -2.43. The van der Waals surface area contributed by atoms with Crippen molar-refractivity contribution in [2.24, 2.45) is 5.73 Å². The van der Waals surface area contributed by atoms with Crippen LogP contribution in [0.3, 0.4) is 0 Å². The molecule has 10 heteroatoms. The Morgan fingerprint density at radius 3 is 2.58 bits per heavy atom. The maximum absolute atomic E-state index is 11.6. The number of ether oxygens (including phenoxy) is 1. The molecule has 2 aromatic carbocycles. The van der Waals surface area contributed by atoms with Crippen LogP contribution in [0.15, 0.2) is 51.4 Å². The highest BCUT2D eigenvalue weighted by molar-refractivity contribution is 5.92. The molecule has 0 saturated heterocycles. The van der Waals surface area contributed by atoms with Gasteiger partial charge in [0, 0.05) is 16.5 Å². The number of fused-ring (bicyclic) bond motifs is 1. The molecule has 0 fully saturated rings. The van der Waals surface area contributed by atoms with Crippen molar-refractivity contribution in [2.45, 2.75) is 18.9 Å². The first-order chi connectivity index (χ1) is 15.9. The Labute approximate surface area is 188 Å². The van der Waals surface area contributed by atoms with Gasteiger partial charge in [-0.15, -0.1) is 0 Å². The molecular weight excluding hydrogens is 430 g/mol. The summed E-state index contributed by atoms with van der Waals surface area (Å²) in [5.41, 5.74) is 6.18. The van der Waals surface area contributed by atoms with E-state index in [2.05, 4.69) is 10.1 Å². The normalized spacial score (nSPS) is 11.8. The molecule has 33 heavy (non-hydrogen) atoms. The number of aliphatic hydroxyl groups is 2. The van der Waals surface area contributed by atoms with Crippen LogP contribution in [0.1, 0.15) is 29.5 Å². The van der Waals surface area contributed by atoms with Gasteiger partial charge in [0.05, 0.1) is 19.8 Å². The lowest BCUT2D eigenvalue weighted by Gasteiger charge is -2.21. The molecule has 10 nitrogen and oxygen atoms in total. The first-order valence-electron chi connectivity index (χ1n) is 10.3. The molecule has 2 aromatic heterocycles. The van der Waals surface area contributed by atoms with E-state index in [0.717, 1.165) is 6.42 Å².